The van der Waals surface area contributed by atoms with Gasteiger partial charge in [0.25, 0.3) is 0 Å². The lowest BCUT2D eigenvalue weighted by molar-refractivity contribution is -0.0167. The molecule has 108 valence electrons. The molecule has 2 heteroatoms. The summed E-state index contributed by atoms with van der Waals surface area (Å²) in [6, 6.07) is 10.5. The minimum absolute atomic E-state index is 0.171. The summed E-state index contributed by atoms with van der Waals surface area (Å²) in [5, 5.41) is 0. The van der Waals surface area contributed by atoms with Gasteiger partial charge in [-0.25, -0.2) is 0 Å². The van der Waals surface area contributed by atoms with Gasteiger partial charge in [-0.05, 0) is 36.7 Å². The molecule has 3 fully saturated rings. The summed E-state index contributed by atoms with van der Waals surface area (Å²) in [5.41, 5.74) is 1.85. The fourth-order valence-corrected chi connectivity index (χ4v) is 4.57. The van der Waals surface area contributed by atoms with Crippen molar-refractivity contribution >= 4 is 0 Å². The van der Waals surface area contributed by atoms with E-state index in [2.05, 4.69) is 37.3 Å². The number of epoxide rings is 1. The molecule has 4 rings (SSSR count). The molecule has 0 aromatic heterocycles. The van der Waals surface area contributed by atoms with Gasteiger partial charge in [0.05, 0.1) is 12.7 Å². The topological polar surface area (TPSA) is 21.8 Å². The summed E-state index contributed by atoms with van der Waals surface area (Å²) in [5.74, 6) is 0. The summed E-state index contributed by atoms with van der Waals surface area (Å²) in [6.07, 6.45) is 8.40. The van der Waals surface area contributed by atoms with Crippen LogP contribution in [-0.2, 0) is 16.1 Å². The monoisotopic (exact) mass is 272 g/mol. The van der Waals surface area contributed by atoms with Crippen LogP contribution in [0.4, 0.5) is 0 Å². The van der Waals surface area contributed by atoms with Gasteiger partial charge in [0.2, 0.25) is 0 Å². The molecule has 1 aromatic carbocycles. The molecule has 0 amide bonds. The van der Waals surface area contributed by atoms with Crippen molar-refractivity contribution in [3.8, 4) is 0 Å². The highest BCUT2D eigenvalue weighted by Gasteiger charge is 2.71. The minimum Gasteiger partial charge on any atom is -0.371 e. The number of rotatable bonds is 3. The van der Waals surface area contributed by atoms with E-state index in [-0.39, 0.29) is 5.60 Å². The third-order valence-electron chi connectivity index (χ3n) is 5.91. The van der Waals surface area contributed by atoms with Crippen molar-refractivity contribution in [2.24, 2.45) is 5.41 Å². The Balaban J connectivity index is 1.43. The lowest BCUT2D eigenvalue weighted by atomic mass is 9.59. The van der Waals surface area contributed by atoms with Crippen LogP contribution < -0.4 is 0 Å². The Morgan fingerprint density at radius 2 is 1.95 bits per heavy atom. The van der Waals surface area contributed by atoms with Crippen LogP contribution in [0.5, 0.6) is 0 Å². The SMILES string of the molecule is C[C@]12CCCC[C@@]13O[C@H]3[C@@H](OCc1ccccc1)CC2. The molecule has 20 heavy (non-hydrogen) atoms. The molecule has 0 radical (unpaired) electrons. The van der Waals surface area contributed by atoms with Gasteiger partial charge in [-0.2, -0.15) is 0 Å². The molecule has 3 aliphatic rings. The van der Waals surface area contributed by atoms with Crippen LogP contribution in [0.1, 0.15) is 51.0 Å². The standard InChI is InChI=1S/C18H24O2/c1-17-10-5-6-11-18(17)16(20-18)15(9-12-17)19-13-14-7-3-2-4-8-14/h2-4,7-8,15-16H,5-6,9-13H2,1H3/t15-,16-,17+,18-/m0/s1. The highest BCUT2D eigenvalue weighted by atomic mass is 16.6. The third-order valence-corrected chi connectivity index (χ3v) is 5.91. The largest absolute Gasteiger partial charge is 0.371 e. The molecule has 1 saturated heterocycles. The molecule has 2 aliphatic carbocycles. The predicted molar refractivity (Wildman–Crippen MR) is 78.4 cm³/mol. The molecule has 1 heterocycles. The van der Waals surface area contributed by atoms with Crippen molar-refractivity contribution in [3.05, 3.63) is 35.9 Å². The maximum atomic E-state index is 6.25. The van der Waals surface area contributed by atoms with Gasteiger partial charge in [-0.15, -0.1) is 0 Å². The van der Waals surface area contributed by atoms with Gasteiger partial charge in [0, 0.05) is 0 Å². The number of ether oxygens (including phenoxy) is 2. The van der Waals surface area contributed by atoms with Crippen LogP contribution in [0, 0.1) is 5.41 Å². The van der Waals surface area contributed by atoms with E-state index in [1.165, 1.54) is 37.7 Å². The number of hydrogen-bond donors (Lipinski definition) is 0. The Kier molecular flexibility index (Phi) is 2.94. The van der Waals surface area contributed by atoms with Crippen molar-refractivity contribution in [1.82, 2.24) is 0 Å². The van der Waals surface area contributed by atoms with E-state index in [0.717, 1.165) is 13.0 Å². The third kappa shape index (κ3) is 1.85. The zero-order valence-corrected chi connectivity index (χ0v) is 12.3. The molecule has 1 aromatic rings. The van der Waals surface area contributed by atoms with Gasteiger partial charge in [0.15, 0.2) is 0 Å². The van der Waals surface area contributed by atoms with Gasteiger partial charge in [-0.3, -0.25) is 0 Å². The Hall–Kier alpha value is -0.860. The molecule has 2 saturated carbocycles. The summed E-state index contributed by atoms with van der Waals surface area (Å²) in [7, 11) is 0. The van der Waals surface area contributed by atoms with E-state index in [9.17, 15) is 0 Å². The quantitative estimate of drug-likeness (QED) is 0.773. The van der Waals surface area contributed by atoms with Crippen LogP contribution in [0.3, 0.4) is 0 Å². The van der Waals surface area contributed by atoms with E-state index in [1.807, 2.05) is 0 Å². The fourth-order valence-electron chi connectivity index (χ4n) is 4.57. The minimum atomic E-state index is 0.171. The number of hydrogen-bond acceptors (Lipinski definition) is 2. The zero-order chi connectivity index (χ0) is 13.6. The Morgan fingerprint density at radius 3 is 2.80 bits per heavy atom. The predicted octanol–water partition coefficient (Wildman–Crippen LogP) is 4.08. The lowest BCUT2D eigenvalue weighted by Crippen LogP contribution is -2.47. The van der Waals surface area contributed by atoms with Gasteiger partial charge in [0.1, 0.15) is 11.7 Å². The van der Waals surface area contributed by atoms with E-state index in [0.29, 0.717) is 17.6 Å². The number of benzene rings is 1. The summed E-state index contributed by atoms with van der Waals surface area (Å²) < 4.78 is 12.4. The smallest absolute Gasteiger partial charge is 0.114 e. The normalized spacial score (nSPS) is 42.6. The van der Waals surface area contributed by atoms with Crippen molar-refractivity contribution in [3.63, 3.8) is 0 Å². The molecule has 0 N–H and O–H groups in total. The Labute approximate surface area is 121 Å². The van der Waals surface area contributed by atoms with Gasteiger partial charge < -0.3 is 9.47 Å². The molecule has 4 atom stereocenters. The molecule has 0 bridgehead atoms. The Morgan fingerprint density at radius 1 is 1.15 bits per heavy atom. The second-order valence-electron chi connectivity index (χ2n) is 7.07. The van der Waals surface area contributed by atoms with E-state index >= 15 is 0 Å². The second kappa shape index (κ2) is 4.57. The summed E-state index contributed by atoms with van der Waals surface area (Å²) in [4.78, 5) is 0. The van der Waals surface area contributed by atoms with E-state index in [4.69, 9.17) is 9.47 Å². The summed E-state index contributed by atoms with van der Waals surface area (Å²) >= 11 is 0. The van der Waals surface area contributed by atoms with Crippen LogP contribution in [0.15, 0.2) is 30.3 Å². The van der Waals surface area contributed by atoms with Crippen molar-refractivity contribution in [2.75, 3.05) is 0 Å². The second-order valence-corrected chi connectivity index (χ2v) is 7.07. The van der Waals surface area contributed by atoms with E-state index < -0.39 is 0 Å². The molecule has 1 spiro atoms. The summed E-state index contributed by atoms with van der Waals surface area (Å²) in [6.45, 7) is 3.16. The van der Waals surface area contributed by atoms with Crippen LogP contribution in [-0.4, -0.2) is 17.8 Å². The van der Waals surface area contributed by atoms with Crippen molar-refractivity contribution in [2.45, 2.75) is 69.9 Å². The fraction of sp³-hybridized carbons (Fsp3) is 0.667. The Bertz CT molecular complexity index is 485. The molecular weight excluding hydrogens is 248 g/mol. The zero-order valence-electron chi connectivity index (χ0n) is 12.3. The first-order chi connectivity index (χ1) is 9.74. The first-order valence-corrected chi connectivity index (χ1v) is 8.07. The molecule has 2 nitrogen and oxygen atoms in total. The maximum Gasteiger partial charge on any atom is 0.114 e. The van der Waals surface area contributed by atoms with Crippen molar-refractivity contribution < 1.29 is 9.47 Å². The van der Waals surface area contributed by atoms with E-state index in [1.54, 1.807) is 0 Å². The first kappa shape index (κ1) is 12.8. The molecular formula is C18H24O2. The van der Waals surface area contributed by atoms with Crippen molar-refractivity contribution in [1.29, 1.82) is 0 Å². The van der Waals surface area contributed by atoms with Crippen LogP contribution >= 0.6 is 0 Å². The molecule has 1 aliphatic heterocycles. The van der Waals surface area contributed by atoms with Crippen LogP contribution in [0.25, 0.3) is 0 Å². The molecule has 0 unspecified atom stereocenters. The maximum absolute atomic E-state index is 6.25. The average Bonchev–Trinajstić information content (AvgIpc) is 3.21. The highest BCUT2D eigenvalue weighted by molar-refractivity contribution is 5.20. The highest BCUT2D eigenvalue weighted by Crippen LogP contribution is 2.65. The van der Waals surface area contributed by atoms with Gasteiger partial charge >= 0.3 is 0 Å². The van der Waals surface area contributed by atoms with Crippen LogP contribution in [0.2, 0.25) is 0 Å². The lowest BCUT2D eigenvalue weighted by Gasteiger charge is -2.44. The van der Waals surface area contributed by atoms with Gasteiger partial charge in [-0.1, -0.05) is 50.1 Å². The average molecular weight is 272 g/mol. The first-order valence-electron chi connectivity index (χ1n) is 8.07.